The Labute approximate surface area is 125 Å². The van der Waals surface area contributed by atoms with Crippen molar-refractivity contribution in [2.24, 2.45) is 5.41 Å². The van der Waals surface area contributed by atoms with Crippen LogP contribution in [-0.4, -0.2) is 24.0 Å². The third kappa shape index (κ3) is 2.76. The lowest BCUT2D eigenvalue weighted by molar-refractivity contribution is -0.127. The molecule has 1 aliphatic heterocycles. The highest BCUT2D eigenvalue weighted by atomic mass is 16.2. The van der Waals surface area contributed by atoms with Gasteiger partial charge in [0.15, 0.2) is 0 Å². The van der Waals surface area contributed by atoms with Gasteiger partial charge in [-0.15, -0.1) is 0 Å². The molecule has 0 atom stereocenters. The third-order valence-electron chi connectivity index (χ3n) is 4.58. The van der Waals surface area contributed by atoms with E-state index in [9.17, 15) is 4.79 Å². The van der Waals surface area contributed by atoms with E-state index in [1.165, 1.54) is 0 Å². The van der Waals surface area contributed by atoms with Crippen LogP contribution in [0, 0.1) is 5.41 Å². The summed E-state index contributed by atoms with van der Waals surface area (Å²) >= 11 is 0. The molecule has 1 saturated heterocycles. The minimum atomic E-state index is -0.227. The van der Waals surface area contributed by atoms with E-state index in [-0.39, 0.29) is 11.3 Å². The van der Waals surface area contributed by atoms with E-state index in [2.05, 4.69) is 22.5 Å². The van der Waals surface area contributed by atoms with Crippen molar-refractivity contribution >= 4 is 22.5 Å². The van der Waals surface area contributed by atoms with Crippen LogP contribution in [0.3, 0.4) is 0 Å². The molecule has 0 saturated carbocycles. The molecule has 3 rings (SSSR count). The standard InChI is InChI=1S/C17H21N3O/c1-2-17(7-10-18-11-8-17)16(21)20-14-5-6-15-13(12-14)4-3-9-19-15/h3-6,9,12,18H,2,7-8,10-11H2,1H3,(H,20,21). The number of benzene rings is 1. The highest BCUT2D eigenvalue weighted by Crippen LogP contribution is 2.34. The van der Waals surface area contributed by atoms with Gasteiger partial charge in [0.05, 0.1) is 10.9 Å². The Morgan fingerprint density at radius 2 is 2.14 bits per heavy atom. The minimum Gasteiger partial charge on any atom is -0.326 e. The molecule has 1 aromatic carbocycles. The van der Waals surface area contributed by atoms with Crippen molar-refractivity contribution in [2.75, 3.05) is 18.4 Å². The molecule has 0 bridgehead atoms. The summed E-state index contributed by atoms with van der Waals surface area (Å²) in [4.78, 5) is 17.0. The molecule has 0 radical (unpaired) electrons. The van der Waals surface area contributed by atoms with Gasteiger partial charge >= 0.3 is 0 Å². The van der Waals surface area contributed by atoms with Crippen LogP contribution in [0.25, 0.3) is 10.9 Å². The average Bonchev–Trinajstić information content (AvgIpc) is 2.55. The number of fused-ring (bicyclic) bond motifs is 1. The summed E-state index contributed by atoms with van der Waals surface area (Å²) in [6.45, 7) is 3.95. The number of hydrogen-bond donors (Lipinski definition) is 2. The molecule has 1 aromatic heterocycles. The number of rotatable bonds is 3. The number of piperidine rings is 1. The van der Waals surface area contributed by atoms with Crippen LogP contribution in [0.5, 0.6) is 0 Å². The second kappa shape index (κ2) is 5.82. The smallest absolute Gasteiger partial charge is 0.230 e. The van der Waals surface area contributed by atoms with Crippen LogP contribution in [-0.2, 0) is 4.79 Å². The fourth-order valence-electron chi connectivity index (χ4n) is 3.06. The lowest BCUT2D eigenvalue weighted by atomic mass is 9.76. The first-order valence-electron chi connectivity index (χ1n) is 7.60. The van der Waals surface area contributed by atoms with Gasteiger partial charge in [0.25, 0.3) is 0 Å². The normalized spacial score (nSPS) is 17.6. The van der Waals surface area contributed by atoms with E-state index in [1.54, 1.807) is 6.20 Å². The maximum Gasteiger partial charge on any atom is 0.230 e. The van der Waals surface area contributed by atoms with Crippen LogP contribution < -0.4 is 10.6 Å². The van der Waals surface area contributed by atoms with E-state index >= 15 is 0 Å². The molecule has 4 nitrogen and oxygen atoms in total. The first-order chi connectivity index (χ1) is 10.2. The zero-order valence-electron chi connectivity index (χ0n) is 12.4. The molecule has 2 heterocycles. The summed E-state index contributed by atoms with van der Waals surface area (Å²) in [5.74, 6) is 0.148. The highest BCUT2D eigenvalue weighted by Gasteiger charge is 2.37. The fraction of sp³-hybridized carbons (Fsp3) is 0.412. The van der Waals surface area contributed by atoms with Crippen LogP contribution in [0.1, 0.15) is 26.2 Å². The van der Waals surface area contributed by atoms with E-state index < -0.39 is 0 Å². The van der Waals surface area contributed by atoms with Gasteiger partial charge in [0.1, 0.15) is 0 Å². The van der Waals surface area contributed by atoms with Crippen molar-refractivity contribution in [3.8, 4) is 0 Å². The zero-order valence-corrected chi connectivity index (χ0v) is 12.4. The lowest BCUT2D eigenvalue weighted by Crippen LogP contribution is -2.44. The van der Waals surface area contributed by atoms with Crippen LogP contribution in [0.15, 0.2) is 36.5 Å². The largest absolute Gasteiger partial charge is 0.326 e. The number of carbonyl (C=O) groups excluding carboxylic acids is 1. The molecule has 2 aromatic rings. The molecule has 4 heteroatoms. The van der Waals surface area contributed by atoms with Crippen molar-refractivity contribution in [1.29, 1.82) is 0 Å². The number of pyridine rings is 1. The molecule has 1 fully saturated rings. The van der Waals surface area contributed by atoms with Crippen LogP contribution in [0.2, 0.25) is 0 Å². The van der Waals surface area contributed by atoms with Gasteiger partial charge < -0.3 is 10.6 Å². The highest BCUT2D eigenvalue weighted by molar-refractivity contribution is 5.97. The Balaban J connectivity index is 1.81. The number of amides is 1. The van der Waals surface area contributed by atoms with E-state index in [1.807, 2.05) is 30.3 Å². The number of nitrogens with zero attached hydrogens (tertiary/aromatic N) is 1. The maximum absolute atomic E-state index is 12.7. The summed E-state index contributed by atoms with van der Waals surface area (Å²) in [6, 6.07) is 9.79. The number of anilines is 1. The van der Waals surface area contributed by atoms with Crippen molar-refractivity contribution in [3.05, 3.63) is 36.5 Å². The van der Waals surface area contributed by atoms with Crippen molar-refractivity contribution < 1.29 is 4.79 Å². The quantitative estimate of drug-likeness (QED) is 0.910. The Morgan fingerprint density at radius 1 is 1.33 bits per heavy atom. The molecule has 2 N–H and O–H groups in total. The Kier molecular flexibility index (Phi) is 3.88. The predicted molar refractivity (Wildman–Crippen MR) is 85.2 cm³/mol. The van der Waals surface area contributed by atoms with Gasteiger partial charge in [-0.05, 0) is 56.6 Å². The van der Waals surface area contributed by atoms with Gasteiger partial charge in [-0.2, -0.15) is 0 Å². The van der Waals surface area contributed by atoms with Crippen molar-refractivity contribution in [2.45, 2.75) is 26.2 Å². The molecule has 110 valence electrons. The summed E-state index contributed by atoms with van der Waals surface area (Å²) in [5.41, 5.74) is 1.57. The second-order valence-electron chi connectivity index (χ2n) is 5.75. The lowest BCUT2D eigenvalue weighted by Gasteiger charge is -2.35. The average molecular weight is 283 g/mol. The molecule has 21 heavy (non-hydrogen) atoms. The third-order valence-corrected chi connectivity index (χ3v) is 4.58. The summed E-state index contributed by atoms with van der Waals surface area (Å²) < 4.78 is 0. The summed E-state index contributed by atoms with van der Waals surface area (Å²) in [6.07, 6.45) is 4.48. The Hall–Kier alpha value is -1.94. The Bertz CT molecular complexity index is 647. The van der Waals surface area contributed by atoms with Crippen LogP contribution in [0.4, 0.5) is 5.69 Å². The molecule has 0 unspecified atom stereocenters. The van der Waals surface area contributed by atoms with Gasteiger partial charge in [-0.3, -0.25) is 9.78 Å². The zero-order chi connectivity index (χ0) is 14.7. The van der Waals surface area contributed by atoms with Gasteiger partial charge in [-0.25, -0.2) is 0 Å². The maximum atomic E-state index is 12.7. The molecule has 0 aliphatic carbocycles. The number of carbonyl (C=O) groups is 1. The van der Waals surface area contributed by atoms with Crippen molar-refractivity contribution in [1.82, 2.24) is 10.3 Å². The van der Waals surface area contributed by atoms with Gasteiger partial charge in [-0.1, -0.05) is 13.0 Å². The molecular weight excluding hydrogens is 262 g/mol. The summed E-state index contributed by atoms with van der Waals surface area (Å²) in [7, 11) is 0. The Morgan fingerprint density at radius 3 is 2.90 bits per heavy atom. The number of nitrogens with one attached hydrogen (secondary N) is 2. The van der Waals surface area contributed by atoms with Crippen LogP contribution >= 0.6 is 0 Å². The van der Waals surface area contributed by atoms with E-state index in [4.69, 9.17) is 0 Å². The van der Waals surface area contributed by atoms with E-state index in [0.29, 0.717) is 0 Å². The topological polar surface area (TPSA) is 54.0 Å². The first-order valence-corrected chi connectivity index (χ1v) is 7.60. The predicted octanol–water partition coefficient (Wildman–Crippen LogP) is 2.95. The van der Waals surface area contributed by atoms with Crippen molar-refractivity contribution in [3.63, 3.8) is 0 Å². The second-order valence-corrected chi connectivity index (χ2v) is 5.75. The summed E-state index contributed by atoms with van der Waals surface area (Å²) in [5, 5.41) is 7.48. The number of hydrogen-bond acceptors (Lipinski definition) is 3. The van der Waals surface area contributed by atoms with E-state index in [0.717, 1.165) is 48.9 Å². The molecule has 1 aliphatic rings. The molecule has 0 spiro atoms. The SMILES string of the molecule is CCC1(C(=O)Nc2ccc3ncccc3c2)CCNCC1. The first kappa shape index (κ1) is 14.0. The minimum absolute atomic E-state index is 0.148. The fourth-order valence-corrected chi connectivity index (χ4v) is 3.06. The molecular formula is C17H21N3O. The number of aromatic nitrogens is 1. The monoisotopic (exact) mass is 283 g/mol. The molecule has 1 amide bonds. The van der Waals surface area contributed by atoms with Gasteiger partial charge in [0.2, 0.25) is 5.91 Å². The van der Waals surface area contributed by atoms with Gasteiger partial charge in [0, 0.05) is 17.3 Å².